The van der Waals surface area contributed by atoms with Crippen LogP contribution in [0.1, 0.15) is 62.6 Å². The summed E-state index contributed by atoms with van der Waals surface area (Å²) in [6.45, 7) is 6.22. The van der Waals surface area contributed by atoms with Gasteiger partial charge in [-0.1, -0.05) is 13.8 Å². The van der Waals surface area contributed by atoms with Gasteiger partial charge in [0.05, 0.1) is 43.8 Å². The zero-order chi connectivity index (χ0) is 23.2. The lowest BCUT2D eigenvalue weighted by Crippen LogP contribution is -2.51. The maximum Gasteiger partial charge on any atom is 0.197 e. The quantitative estimate of drug-likeness (QED) is 0.443. The summed E-state index contributed by atoms with van der Waals surface area (Å²) in [6, 6.07) is 5.53. The van der Waals surface area contributed by atoms with Gasteiger partial charge in [-0.25, -0.2) is 9.50 Å². The fourth-order valence-electron chi connectivity index (χ4n) is 5.59. The maximum atomic E-state index is 5.60. The van der Waals surface area contributed by atoms with Gasteiger partial charge in [0.25, 0.3) is 0 Å². The smallest absolute Gasteiger partial charge is 0.197 e. The summed E-state index contributed by atoms with van der Waals surface area (Å²) < 4.78 is 12.7. The highest BCUT2D eigenvalue weighted by atomic mass is 16.5. The predicted molar refractivity (Wildman–Crippen MR) is 131 cm³/mol. The molecule has 0 amide bonds. The van der Waals surface area contributed by atoms with E-state index in [0.717, 1.165) is 30.0 Å². The van der Waals surface area contributed by atoms with Gasteiger partial charge >= 0.3 is 0 Å². The highest BCUT2D eigenvalue weighted by molar-refractivity contribution is 5.91. The number of nitrogens with zero attached hydrogens (tertiary/aromatic N) is 4. The number of aromatic amines is 1. The predicted octanol–water partition coefficient (Wildman–Crippen LogP) is 4.42. The lowest BCUT2D eigenvalue weighted by Gasteiger charge is -2.35. The van der Waals surface area contributed by atoms with Crippen LogP contribution in [0.5, 0.6) is 5.75 Å². The molecule has 4 aromatic rings. The van der Waals surface area contributed by atoms with Crippen LogP contribution in [0.15, 0.2) is 30.9 Å². The normalized spacial score (nSPS) is 21.4. The molecule has 1 saturated heterocycles. The summed E-state index contributed by atoms with van der Waals surface area (Å²) in [6.07, 6.45) is 10.3. The third kappa shape index (κ3) is 3.75. The van der Waals surface area contributed by atoms with E-state index in [1.165, 1.54) is 42.3 Å². The SMILES string of the molecule is COc1cc(-c2[nH]c3cnc(C4CCC(NC5COC5)CC4)cc3c2C(C)C)cn2ncnc12. The Morgan fingerprint density at radius 1 is 1.12 bits per heavy atom. The van der Waals surface area contributed by atoms with Crippen molar-refractivity contribution in [3.63, 3.8) is 0 Å². The Labute approximate surface area is 199 Å². The number of fused-ring (bicyclic) bond motifs is 2. The van der Waals surface area contributed by atoms with Gasteiger partial charge in [-0.05, 0) is 49.3 Å². The second kappa shape index (κ2) is 8.67. The molecular weight excluding hydrogens is 428 g/mol. The molecule has 1 saturated carbocycles. The van der Waals surface area contributed by atoms with E-state index in [-0.39, 0.29) is 0 Å². The molecule has 0 aromatic carbocycles. The summed E-state index contributed by atoms with van der Waals surface area (Å²) in [5.74, 6) is 1.58. The first-order chi connectivity index (χ1) is 16.6. The average Bonchev–Trinajstić information content (AvgIpc) is 3.45. The molecule has 0 radical (unpaired) electrons. The first kappa shape index (κ1) is 21.6. The second-order valence-electron chi connectivity index (χ2n) is 10.00. The molecule has 0 unspecified atom stereocenters. The Morgan fingerprint density at radius 2 is 1.94 bits per heavy atom. The molecule has 6 rings (SSSR count). The molecule has 0 atom stereocenters. The van der Waals surface area contributed by atoms with E-state index in [0.29, 0.717) is 35.3 Å². The summed E-state index contributed by atoms with van der Waals surface area (Å²) >= 11 is 0. The van der Waals surface area contributed by atoms with Crippen molar-refractivity contribution in [2.24, 2.45) is 0 Å². The number of aromatic nitrogens is 5. The fraction of sp³-hybridized carbons (Fsp3) is 0.500. The molecule has 2 fully saturated rings. The molecule has 0 bridgehead atoms. The summed E-state index contributed by atoms with van der Waals surface area (Å²) in [7, 11) is 1.67. The number of rotatable bonds is 6. The minimum atomic E-state index is 0.348. The largest absolute Gasteiger partial charge is 0.493 e. The van der Waals surface area contributed by atoms with E-state index in [9.17, 15) is 0 Å². The van der Waals surface area contributed by atoms with Crippen molar-refractivity contribution in [3.05, 3.63) is 42.1 Å². The number of nitrogens with one attached hydrogen (secondary N) is 2. The van der Waals surface area contributed by atoms with Gasteiger partial charge in [0.1, 0.15) is 6.33 Å². The van der Waals surface area contributed by atoms with Crippen molar-refractivity contribution >= 4 is 16.6 Å². The van der Waals surface area contributed by atoms with Crippen LogP contribution in [0.25, 0.3) is 27.8 Å². The lowest BCUT2D eigenvalue weighted by molar-refractivity contribution is -0.0121. The Hall–Kier alpha value is -2.97. The van der Waals surface area contributed by atoms with Crippen molar-refractivity contribution in [1.29, 1.82) is 0 Å². The summed E-state index contributed by atoms with van der Waals surface area (Å²) in [5.41, 5.74) is 6.43. The zero-order valence-electron chi connectivity index (χ0n) is 20.0. The molecule has 1 aliphatic carbocycles. The highest BCUT2D eigenvalue weighted by Crippen LogP contribution is 2.39. The number of H-pyrrole nitrogens is 1. The third-order valence-corrected chi connectivity index (χ3v) is 7.43. The second-order valence-corrected chi connectivity index (χ2v) is 10.00. The summed E-state index contributed by atoms with van der Waals surface area (Å²) in [4.78, 5) is 12.9. The number of methoxy groups -OCH3 is 1. The Morgan fingerprint density at radius 3 is 2.65 bits per heavy atom. The third-order valence-electron chi connectivity index (χ3n) is 7.43. The Bertz CT molecular complexity index is 1310. The number of ether oxygens (including phenoxy) is 2. The number of hydrogen-bond acceptors (Lipinski definition) is 6. The van der Waals surface area contributed by atoms with Gasteiger partial charge in [-0.2, -0.15) is 5.10 Å². The van der Waals surface area contributed by atoms with Gasteiger partial charge in [0.15, 0.2) is 11.4 Å². The van der Waals surface area contributed by atoms with Crippen molar-refractivity contribution in [2.75, 3.05) is 20.3 Å². The van der Waals surface area contributed by atoms with E-state index in [4.69, 9.17) is 14.5 Å². The van der Waals surface area contributed by atoms with Crippen LogP contribution in [-0.4, -0.2) is 57.0 Å². The molecule has 2 N–H and O–H groups in total. The van der Waals surface area contributed by atoms with Crippen molar-refractivity contribution in [3.8, 4) is 17.0 Å². The van der Waals surface area contributed by atoms with Crippen molar-refractivity contribution in [1.82, 2.24) is 29.9 Å². The van der Waals surface area contributed by atoms with Gasteiger partial charge < -0.3 is 19.8 Å². The minimum Gasteiger partial charge on any atom is -0.493 e. The first-order valence-electron chi connectivity index (χ1n) is 12.3. The molecule has 4 aromatic heterocycles. The van der Waals surface area contributed by atoms with E-state index >= 15 is 0 Å². The monoisotopic (exact) mass is 460 g/mol. The van der Waals surface area contributed by atoms with Crippen LogP contribution in [0.2, 0.25) is 0 Å². The van der Waals surface area contributed by atoms with E-state index in [1.807, 2.05) is 18.5 Å². The Balaban J connectivity index is 1.33. The van der Waals surface area contributed by atoms with Crippen LogP contribution in [0.3, 0.4) is 0 Å². The molecule has 5 heterocycles. The number of pyridine rings is 2. The highest BCUT2D eigenvalue weighted by Gasteiger charge is 2.28. The molecule has 1 aliphatic heterocycles. The lowest BCUT2D eigenvalue weighted by atomic mass is 9.83. The maximum absolute atomic E-state index is 5.60. The fourth-order valence-corrected chi connectivity index (χ4v) is 5.59. The van der Waals surface area contributed by atoms with Gasteiger partial charge in [-0.15, -0.1) is 0 Å². The standard InChI is InChI=1S/C26H32N6O2/c1-15(2)24-20-9-21(16-4-6-18(7-5-16)30-19-12-34-13-19)27-10-22(20)31-25(24)17-8-23(33-3)26-28-14-29-32(26)11-17/h8-11,14-16,18-19,30-31H,4-7,12-13H2,1-3H3. The van der Waals surface area contributed by atoms with E-state index in [2.05, 4.69) is 40.3 Å². The van der Waals surface area contributed by atoms with Crippen LogP contribution < -0.4 is 10.1 Å². The molecule has 8 nitrogen and oxygen atoms in total. The van der Waals surface area contributed by atoms with Crippen molar-refractivity contribution < 1.29 is 9.47 Å². The first-order valence-corrected chi connectivity index (χ1v) is 12.3. The van der Waals surface area contributed by atoms with Crippen LogP contribution in [-0.2, 0) is 4.74 Å². The topological polar surface area (TPSA) is 89.4 Å². The van der Waals surface area contributed by atoms with Crippen molar-refractivity contribution in [2.45, 2.75) is 63.5 Å². The van der Waals surface area contributed by atoms with Crippen LogP contribution in [0, 0.1) is 0 Å². The number of hydrogen-bond donors (Lipinski definition) is 2. The van der Waals surface area contributed by atoms with Gasteiger partial charge in [0, 0.05) is 34.8 Å². The molecule has 8 heteroatoms. The molecular formula is C26H32N6O2. The van der Waals surface area contributed by atoms with E-state index < -0.39 is 0 Å². The van der Waals surface area contributed by atoms with Crippen LogP contribution >= 0.6 is 0 Å². The average molecular weight is 461 g/mol. The molecule has 0 spiro atoms. The van der Waals surface area contributed by atoms with E-state index in [1.54, 1.807) is 18.0 Å². The van der Waals surface area contributed by atoms with Crippen LogP contribution in [0.4, 0.5) is 0 Å². The molecule has 34 heavy (non-hydrogen) atoms. The van der Waals surface area contributed by atoms with Gasteiger partial charge in [0.2, 0.25) is 0 Å². The summed E-state index contributed by atoms with van der Waals surface area (Å²) in [5, 5.41) is 9.35. The van der Waals surface area contributed by atoms with Gasteiger partial charge in [-0.3, -0.25) is 4.98 Å². The zero-order valence-corrected chi connectivity index (χ0v) is 20.0. The minimum absolute atomic E-state index is 0.348. The molecule has 2 aliphatic rings. The Kier molecular flexibility index (Phi) is 5.50. The molecule has 178 valence electrons.